The van der Waals surface area contributed by atoms with Crippen LogP contribution in [-0.4, -0.2) is 84.0 Å². The number of carbonyl (C=O) groups excluding carboxylic acids is 3. The van der Waals surface area contributed by atoms with E-state index < -0.39 is 42.1 Å². The van der Waals surface area contributed by atoms with Crippen LogP contribution in [0.2, 0.25) is 0 Å². The van der Waals surface area contributed by atoms with E-state index in [-0.39, 0.29) is 50.8 Å². The highest BCUT2D eigenvalue weighted by atomic mass is 32.1. The Balaban J connectivity index is 1.25. The SMILES string of the molecule is CC(C)CC(NC(=O)c1ccc(-c2csc(N3CCC(F)(F)CC3)n2)cc1)C(=O)N1C[C@H](F)[C@H]2OCC(=O)C21. The molecule has 12 heteroatoms. The molecule has 4 atom stereocenters. The molecule has 3 saturated heterocycles. The van der Waals surface area contributed by atoms with E-state index in [1.54, 1.807) is 24.3 Å². The van der Waals surface area contributed by atoms with Gasteiger partial charge < -0.3 is 19.9 Å². The van der Waals surface area contributed by atoms with E-state index in [1.165, 1.54) is 16.2 Å². The second-order valence-corrected chi connectivity index (χ2v) is 11.6. The Morgan fingerprint density at radius 1 is 1.21 bits per heavy atom. The number of nitrogens with zero attached hydrogens (tertiary/aromatic N) is 3. The van der Waals surface area contributed by atoms with E-state index >= 15 is 0 Å². The van der Waals surface area contributed by atoms with Crippen molar-refractivity contribution in [3.8, 4) is 11.3 Å². The first-order valence-electron chi connectivity index (χ1n) is 13.1. The lowest BCUT2D eigenvalue weighted by atomic mass is 10.0. The molecule has 4 heterocycles. The third-order valence-corrected chi connectivity index (χ3v) is 8.32. The molecule has 0 radical (unpaired) electrons. The molecule has 3 aliphatic heterocycles. The second kappa shape index (κ2) is 10.9. The standard InChI is InChI=1S/C27H31F3N4O4S/c1-15(2)11-19(25(37)34-12-18(28)23-22(34)21(35)13-38-23)31-24(36)17-5-3-16(4-6-17)20-14-39-26(32-20)33-9-7-27(29,30)8-10-33/h3-6,14-15,18-19,22-23H,7-13H2,1-2H3,(H,31,36)/t18-,19?,22?,23+/m0/s1. The zero-order valence-corrected chi connectivity index (χ0v) is 22.6. The highest BCUT2D eigenvalue weighted by molar-refractivity contribution is 7.14. The van der Waals surface area contributed by atoms with Crippen molar-refractivity contribution in [2.24, 2.45) is 5.92 Å². The van der Waals surface area contributed by atoms with Gasteiger partial charge in [0.05, 0.1) is 12.2 Å². The van der Waals surface area contributed by atoms with Gasteiger partial charge in [-0.05, 0) is 24.5 Å². The number of likely N-dealkylation sites (tertiary alicyclic amines) is 1. The van der Waals surface area contributed by atoms with Crippen LogP contribution in [0.25, 0.3) is 11.3 Å². The normalized spacial score (nSPS) is 25.2. The van der Waals surface area contributed by atoms with Crippen molar-refractivity contribution in [1.82, 2.24) is 15.2 Å². The Morgan fingerprint density at radius 3 is 2.56 bits per heavy atom. The van der Waals surface area contributed by atoms with E-state index in [2.05, 4.69) is 10.3 Å². The van der Waals surface area contributed by atoms with Crippen LogP contribution in [0.4, 0.5) is 18.3 Å². The Labute approximate surface area is 228 Å². The van der Waals surface area contributed by atoms with Gasteiger partial charge in [0.2, 0.25) is 5.91 Å². The highest BCUT2D eigenvalue weighted by Gasteiger charge is 2.53. The summed E-state index contributed by atoms with van der Waals surface area (Å²) in [5, 5.41) is 5.31. The number of thiazole rings is 1. The molecule has 2 amide bonds. The minimum absolute atomic E-state index is 0.0571. The van der Waals surface area contributed by atoms with Crippen LogP contribution < -0.4 is 10.2 Å². The number of hydrogen-bond donors (Lipinski definition) is 1. The number of halogens is 3. The smallest absolute Gasteiger partial charge is 0.251 e. The zero-order valence-electron chi connectivity index (χ0n) is 21.7. The van der Waals surface area contributed by atoms with Crippen LogP contribution in [0.3, 0.4) is 0 Å². The molecule has 0 spiro atoms. The van der Waals surface area contributed by atoms with Gasteiger partial charge >= 0.3 is 0 Å². The molecule has 1 N–H and O–H groups in total. The lowest BCUT2D eigenvalue weighted by molar-refractivity contribution is -0.138. The maximum atomic E-state index is 14.4. The first-order valence-corrected chi connectivity index (χ1v) is 14.0. The first-order chi connectivity index (χ1) is 18.5. The van der Waals surface area contributed by atoms with E-state index in [9.17, 15) is 27.6 Å². The molecule has 1 aromatic heterocycles. The molecule has 5 rings (SSSR count). The molecule has 2 aromatic rings. The minimum atomic E-state index is -2.62. The van der Waals surface area contributed by atoms with Crippen LogP contribution in [-0.2, 0) is 14.3 Å². The molecule has 210 valence electrons. The van der Waals surface area contributed by atoms with Crippen LogP contribution in [0.15, 0.2) is 29.6 Å². The number of benzene rings is 1. The Bertz CT molecular complexity index is 1230. The number of aromatic nitrogens is 1. The molecule has 0 aliphatic carbocycles. The predicted octanol–water partition coefficient (Wildman–Crippen LogP) is 3.71. The fraction of sp³-hybridized carbons (Fsp3) is 0.556. The summed E-state index contributed by atoms with van der Waals surface area (Å²) in [6, 6.07) is 4.85. The van der Waals surface area contributed by atoms with Crippen molar-refractivity contribution in [3.63, 3.8) is 0 Å². The monoisotopic (exact) mass is 564 g/mol. The highest BCUT2D eigenvalue weighted by Crippen LogP contribution is 2.34. The number of nitrogens with one attached hydrogen (secondary N) is 1. The largest absolute Gasteiger partial charge is 0.365 e. The Hall–Kier alpha value is -2.99. The van der Waals surface area contributed by atoms with Crippen molar-refractivity contribution in [2.75, 3.05) is 31.1 Å². The van der Waals surface area contributed by atoms with Gasteiger partial charge in [-0.2, -0.15) is 0 Å². The molecule has 0 saturated carbocycles. The van der Waals surface area contributed by atoms with Gasteiger partial charge in [0, 0.05) is 42.4 Å². The van der Waals surface area contributed by atoms with Crippen molar-refractivity contribution >= 4 is 34.1 Å². The minimum Gasteiger partial charge on any atom is -0.365 e. The van der Waals surface area contributed by atoms with Crippen molar-refractivity contribution in [1.29, 1.82) is 0 Å². The number of alkyl halides is 3. The fourth-order valence-electron chi connectivity index (χ4n) is 5.32. The summed E-state index contributed by atoms with van der Waals surface area (Å²) in [4.78, 5) is 46.4. The number of piperidine rings is 1. The van der Waals surface area contributed by atoms with Gasteiger partial charge in [0.25, 0.3) is 11.8 Å². The average molecular weight is 565 g/mol. The van der Waals surface area contributed by atoms with E-state index in [4.69, 9.17) is 4.74 Å². The summed E-state index contributed by atoms with van der Waals surface area (Å²) in [6.07, 6.45) is -2.46. The number of Topliss-reactive ketones (excluding diaryl/α,β-unsaturated/α-hetero) is 1. The van der Waals surface area contributed by atoms with Gasteiger partial charge in [-0.25, -0.2) is 18.2 Å². The summed E-state index contributed by atoms with van der Waals surface area (Å²) < 4.78 is 46.6. The molecule has 0 bridgehead atoms. The number of fused-ring (bicyclic) bond motifs is 1. The third-order valence-electron chi connectivity index (χ3n) is 7.42. The Kier molecular flexibility index (Phi) is 7.69. The molecule has 8 nitrogen and oxygen atoms in total. The Morgan fingerprint density at radius 2 is 1.90 bits per heavy atom. The molecular weight excluding hydrogens is 533 g/mol. The van der Waals surface area contributed by atoms with Gasteiger partial charge in [0.1, 0.15) is 31.0 Å². The molecule has 3 aliphatic rings. The predicted molar refractivity (Wildman–Crippen MR) is 140 cm³/mol. The topological polar surface area (TPSA) is 91.8 Å². The lowest BCUT2D eigenvalue weighted by Crippen LogP contribution is -2.52. The lowest BCUT2D eigenvalue weighted by Gasteiger charge is -2.31. The number of amides is 2. The van der Waals surface area contributed by atoms with Crippen molar-refractivity contribution in [2.45, 2.75) is 63.4 Å². The van der Waals surface area contributed by atoms with E-state index in [0.717, 1.165) is 5.56 Å². The molecule has 39 heavy (non-hydrogen) atoms. The zero-order chi connectivity index (χ0) is 27.9. The molecule has 1 aromatic carbocycles. The number of rotatable bonds is 7. The fourth-order valence-corrected chi connectivity index (χ4v) is 6.21. The molecule has 3 fully saturated rings. The average Bonchev–Trinajstić information content (AvgIpc) is 3.61. The summed E-state index contributed by atoms with van der Waals surface area (Å²) in [7, 11) is 0. The first kappa shape index (κ1) is 27.6. The maximum absolute atomic E-state index is 14.4. The van der Waals surface area contributed by atoms with Crippen LogP contribution in [0.1, 0.15) is 43.5 Å². The van der Waals surface area contributed by atoms with Gasteiger partial charge in [-0.15, -0.1) is 11.3 Å². The summed E-state index contributed by atoms with van der Waals surface area (Å²) >= 11 is 1.39. The maximum Gasteiger partial charge on any atom is 0.251 e. The van der Waals surface area contributed by atoms with Crippen molar-refractivity contribution < 1.29 is 32.3 Å². The number of anilines is 1. The van der Waals surface area contributed by atoms with E-state index in [0.29, 0.717) is 22.8 Å². The van der Waals surface area contributed by atoms with Crippen LogP contribution in [0.5, 0.6) is 0 Å². The van der Waals surface area contributed by atoms with Gasteiger partial charge in [-0.3, -0.25) is 14.4 Å². The summed E-state index contributed by atoms with van der Waals surface area (Å²) in [6.45, 7) is 3.86. The molecular formula is C27H31F3N4O4S. The number of hydrogen-bond acceptors (Lipinski definition) is 7. The van der Waals surface area contributed by atoms with Crippen molar-refractivity contribution in [3.05, 3.63) is 35.2 Å². The summed E-state index contributed by atoms with van der Waals surface area (Å²) in [5.41, 5.74) is 1.78. The number of ether oxygens (including phenoxy) is 1. The van der Waals surface area contributed by atoms with Crippen LogP contribution >= 0.6 is 11.3 Å². The van der Waals surface area contributed by atoms with Gasteiger partial charge in [-0.1, -0.05) is 26.0 Å². The number of carbonyl (C=O) groups is 3. The van der Waals surface area contributed by atoms with E-state index in [1.807, 2.05) is 24.1 Å². The summed E-state index contributed by atoms with van der Waals surface area (Å²) in [5.74, 6) is -3.85. The third kappa shape index (κ3) is 5.81. The number of ketones is 1. The quantitative estimate of drug-likeness (QED) is 0.552. The second-order valence-electron chi connectivity index (χ2n) is 10.8. The molecule has 2 unspecified atom stereocenters. The van der Waals surface area contributed by atoms with Crippen LogP contribution in [0, 0.1) is 5.92 Å². The van der Waals surface area contributed by atoms with Gasteiger partial charge in [0.15, 0.2) is 10.9 Å².